The van der Waals surface area contributed by atoms with E-state index in [4.69, 9.17) is 5.11 Å². The molecule has 0 unspecified atom stereocenters. The summed E-state index contributed by atoms with van der Waals surface area (Å²) in [5.74, 6) is 0. The van der Waals surface area contributed by atoms with Crippen LogP contribution in [-0.4, -0.2) is 11.2 Å². The summed E-state index contributed by atoms with van der Waals surface area (Å²) in [7, 11) is 0. The van der Waals surface area contributed by atoms with E-state index in [1.54, 1.807) is 17.1 Å². The molecule has 0 aromatic carbocycles. The molecule has 0 saturated carbocycles. The van der Waals surface area contributed by atoms with Gasteiger partial charge in [0.15, 0.2) is 0 Å². The van der Waals surface area contributed by atoms with Crippen molar-refractivity contribution in [1.29, 1.82) is 0 Å². The van der Waals surface area contributed by atoms with Crippen molar-refractivity contribution in [2.45, 2.75) is 12.5 Å². The molecule has 0 bridgehead atoms. The van der Waals surface area contributed by atoms with Crippen LogP contribution in [0.4, 0.5) is 0 Å². The minimum Gasteiger partial charge on any atom is -0.389 e. The Morgan fingerprint density at radius 1 is 1.75 bits per heavy atom. The minimum atomic E-state index is -0.383. The Labute approximate surface area is 57.8 Å². The molecular weight excluding hydrogens is 168 g/mol. The largest absolute Gasteiger partial charge is 0.389 e. The first-order chi connectivity index (χ1) is 3.81. The Hall–Kier alpha value is -0.0800. The second-order valence-electron chi connectivity index (χ2n) is 1.41. The van der Waals surface area contributed by atoms with E-state index in [0.717, 1.165) is 0 Å². The molecule has 0 aliphatic rings. The summed E-state index contributed by atoms with van der Waals surface area (Å²) >= 11 is 3.05. The van der Waals surface area contributed by atoms with Gasteiger partial charge in [0, 0.05) is 0 Å². The third kappa shape index (κ3) is 4.09. The van der Waals surface area contributed by atoms with Gasteiger partial charge in [-0.3, -0.25) is 0 Å². The Morgan fingerprint density at radius 2 is 2.38 bits per heavy atom. The van der Waals surface area contributed by atoms with E-state index in [0.29, 0.717) is 6.42 Å². The quantitative estimate of drug-likeness (QED) is 0.652. The van der Waals surface area contributed by atoms with E-state index in [1.807, 2.05) is 0 Å². The van der Waals surface area contributed by atoms with Gasteiger partial charge in [0.1, 0.15) is 0 Å². The van der Waals surface area contributed by atoms with Gasteiger partial charge in [-0.05, 0) is 17.5 Å². The fourth-order valence-electron chi connectivity index (χ4n) is 0.333. The van der Waals surface area contributed by atoms with Crippen LogP contribution in [0.15, 0.2) is 23.7 Å². The molecule has 0 spiro atoms. The van der Waals surface area contributed by atoms with Crippen molar-refractivity contribution in [2.24, 2.45) is 0 Å². The molecule has 0 aromatic heterocycles. The molecule has 8 heavy (non-hydrogen) atoms. The predicted molar refractivity (Wildman–Crippen MR) is 38.9 cm³/mol. The van der Waals surface area contributed by atoms with Gasteiger partial charge in [-0.2, -0.15) is 0 Å². The molecule has 0 saturated heterocycles. The molecule has 0 radical (unpaired) electrons. The fourth-order valence-corrected chi connectivity index (χ4v) is 0.686. The lowest BCUT2D eigenvalue weighted by molar-refractivity contribution is 0.227. The smallest absolute Gasteiger partial charge is 0.0763 e. The molecule has 0 aromatic rings. The van der Waals surface area contributed by atoms with E-state index in [9.17, 15) is 0 Å². The van der Waals surface area contributed by atoms with Gasteiger partial charge < -0.3 is 5.11 Å². The van der Waals surface area contributed by atoms with Crippen molar-refractivity contribution in [3.05, 3.63) is 23.7 Å². The monoisotopic (exact) mass is 176 g/mol. The normalized spacial score (nSPS) is 14.2. The van der Waals surface area contributed by atoms with Crippen molar-refractivity contribution in [3.8, 4) is 0 Å². The number of hydrogen-bond donors (Lipinski definition) is 1. The number of halogens is 1. The molecule has 0 heterocycles. The topological polar surface area (TPSA) is 20.2 Å². The van der Waals surface area contributed by atoms with E-state index in [-0.39, 0.29) is 6.10 Å². The van der Waals surface area contributed by atoms with Gasteiger partial charge in [-0.1, -0.05) is 22.0 Å². The first kappa shape index (κ1) is 7.92. The summed E-state index contributed by atoms with van der Waals surface area (Å²) in [5.41, 5.74) is 0. The maximum Gasteiger partial charge on any atom is 0.0763 e. The zero-order valence-electron chi connectivity index (χ0n) is 4.55. The fraction of sp³-hybridized carbons (Fsp3) is 0.333. The summed E-state index contributed by atoms with van der Waals surface area (Å²) in [6.45, 7) is 3.47. The highest BCUT2D eigenvalue weighted by Gasteiger charge is 1.90. The van der Waals surface area contributed by atoms with Crippen molar-refractivity contribution >= 4 is 15.9 Å². The maximum atomic E-state index is 8.86. The highest BCUT2D eigenvalue weighted by atomic mass is 79.9. The van der Waals surface area contributed by atoms with Crippen LogP contribution in [0.5, 0.6) is 0 Å². The van der Waals surface area contributed by atoms with E-state index in [1.165, 1.54) is 0 Å². The average molecular weight is 177 g/mol. The third-order valence-electron chi connectivity index (χ3n) is 0.703. The zero-order valence-corrected chi connectivity index (χ0v) is 6.13. The molecule has 0 rings (SSSR count). The molecule has 0 aliphatic heterocycles. The van der Waals surface area contributed by atoms with Crippen LogP contribution in [0.25, 0.3) is 0 Å². The Kier molecular flexibility index (Phi) is 5.01. The highest BCUT2D eigenvalue weighted by molar-refractivity contribution is 9.11. The second-order valence-corrected chi connectivity index (χ2v) is 1.94. The van der Waals surface area contributed by atoms with Crippen LogP contribution in [0, 0.1) is 0 Å². The Morgan fingerprint density at radius 3 is 2.75 bits per heavy atom. The predicted octanol–water partition coefficient (Wildman–Crippen LogP) is 1.83. The second kappa shape index (κ2) is 5.06. The van der Waals surface area contributed by atoms with Gasteiger partial charge in [-0.25, -0.2) is 0 Å². The van der Waals surface area contributed by atoms with Gasteiger partial charge in [0.25, 0.3) is 0 Å². The van der Waals surface area contributed by atoms with E-state index < -0.39 is 0 Å². The average Bonchev–Trinajstić information content (AvgIpc) is 1.68. The molecule has 1 N–H and O–H groups in total. The number of rotatable bonds is 3. The molecule has 0 fully saturated rings. The molecule has 0 aliphatic carbocycles. The summed E-state index contributed by atoms with van der Waals surface area (Å²) in [4.78, 5) is 1.64. The lowest BCUT2D eigenvalue weighted by atomic mass is 10.2. The van der Waals surface area contributed by atoms with Gasteiger partial charge in [0.05, 0.1) is 6.10 Å². The molecular formula is C6H9BrO. The standard InChI is InChI=1S/C6H9BrO/c1-2-3-6(8)4-5-7/h2,4-6,8H,1,3H2/b5-4+/t6-/m1/s1. The number of hydrogen-bond acceptors (Lipinski definition) is 1. The lowest BCUT2D eigenvalue weighted by Crippen LogP contribution is -1.97. The van der Waals surface area contributed by atoms with Gasteiger partial charge in [0.2, 0.25) is 0 Å². The van der Waals surface area contributed by atoms with Crippen LogP contribution < -0.4 is 0 Å². The summed E-state index contributed by atoms with van der Waals surface area (Å²) in [5, 5.41) is 8.86. The highest BCUT2D eigenvalue weighted by Crippen LogP contribution is 1.95. The van der Waals surface area contributed by atoms with Crippen LogP contribution in [0.1, 0.15) is 6.42 Å². The Bertz CT molecular complexity index is 88.5. The number of aliphatic hydroxyl groups is 1. The molecule has 0 amide bonds. The van der Waals surface area contributed by atoms with Crippen molar-refractivity contribution in [1.82, 2.24) is 0 Å². The van der Waals surface area contributed by atoms with Crippen molar-refractivity contribution in [2.75, 3.05) is 0 Å². The summed E-state index contributed by atoms with van der Waals surface area (Å²) < 4.78 is 0. The maximum absolute atomic E-state index is 8.86. The molecule has 1 atom stereocenters. The van der Waals surface area contributed by atoms with Crippen LogP contribution in [0.3, 0.4) is 0 Å². The van der Waals surface area contributed by atoms with Crippen LogP contribution in [-0.2, 0) is 0 Å². The summed E-state index contributed by atoms with van der Waals surface area (Å²) in [6.07, 6.45) is 3.56. The number of aliphatic hydroxyl groups excluding tert-OH is 1. The van der Waals surface area contributed by atoms with Gasteiger partial charge in [-0.15, -0.1) is 6.58 Å². The molecule has 1 nitrogen and oxygen atoms in total. The van der Waals surface area contributed by atoms with Gasteiger partial charge >= 0.3 is 0 Å². The molecule has 46 valence electrons. The van der Waals surface area contributed by atoms with E-state index >= 15 is 0 Å². The lowest BCUT2D eigenvalue weighted by Gasteiger charge is -1.96. The SMILES string of the molecule is C=CC[C@@H](O)/C=C/Br. The first-order valence-corrected chi connectivity index (χ1v) is 3.28. The Balaban J connectivity index is 3.31. The van der Waals surface area contributed by atoms with Crippen molar-refractivity contribution in [3.63, 3.8) is 0 Å². The van der Waals surface area contributed by atoms with Crippen LogP contribution >= 0.6 is 15.9 Å². The van der Waals surface area contributed by atoms with Crippen molar-refractivity contribution < 1.29 is 5.11 Å². The zero-order chi connectivity index (χ0) is 6.41. The van der Waals surface area contributed by atoms with Crippen LogP contribution in [0.2, 0.25) is 0 Å². The molecule has 2 heteroatoms. The first-order valence-electron chi connectivity index (χ1n) is 2.37. The van der Waals surface area contributed by atoms with E-state index in [2.05, 4.69) is 22.5 Å². The third-order valence-corrected chi connectivity index (χ3v) is 1.01. The summed E-state index contributed by atoms with van der Waals surface area (Å²) in [6, 6.07) is 0. The minimum absolute atomic E-state index is 0.383.